The number of thiazole rings is 1. The van der Waals surface area contributed by atoms with Crippen LogP contribution in [0.4, 0.5) is 5.95 Å². The Morgan fingerprint density at radius 3 is 2.50 bits per heavy atom. The third kappa shape index (κ3) is 4.59. The van der Waals surface area contributed by atoms with E-state index >= 15 is 0 Å². The van der Waals surface area contributed by atoms with Crippen LogP contribution in [-0.4, -0.2) is 68.8 Å². The summed E-state index contributed by atoms with van der Waals surface area (Å²) in [7, 11) is 0. The molecule has 5 aromatic rings. The number of anilines is 1. The van der Waals surface area contributed by atoms with E-state index in [2.05, 4.69) is 69.8 Å². The summed E-state index contributed by atoms with van der Waals surface area (Å²) in [5.41, 5.74) is 4.71. The Hall–Kier alpha value is -3.34. The summed E-state index contributed by atoms with van der Waals surface area (Å²) < 4.78 is 13.0. The van der Waals surface area contributed by atoms with Crippen molar-refractivity contribution in [3.05, 3.63) is 48.5 Å². The maximum atomic E-state index is 5.54. The highest BCUT2D eigenvalue weighted by Gasteiger charge is 2.20. The Labute approximate surface area is 213 Å². The first-order chi connectivity index (χ1) is 17.4. The Balaban J connectivity index is 1.17. The normalized spacial score (nSPS) is 15.2. The molecule has 0 atom stereocenters. The van der Waals surface area contributed by atoms with Crippen molar-refractivity contribution in [2.24, 2.45) is 0 Å². The molecule has 1 aliphatic rings. The van der Waals surface area contributed by atoms with Crippen LogP contribution in [-0.2, 0) is 10.2 Å². The van der Waals surface area contributed by atoms with E-state index in [0.717, 1.165) is 83.0 Å². The number of benzene rings is 1. The van der Waals surface area contributed by atoms with Crippen molar-refractivity contribution in [2.75, 3.05) is 44.7 Å². The molecule has 0 bridgehead atoms. The number of nitrogens with one attached hydrogen (secondary N) is 1. The van der Waals surface area contributed by atoms with Gasteiger partial charge in [-0.3, -0.25) is 9.30 Å². The van der Waals surface area contributed by atoms with Gasteiger partial charge in [-0.05, 0) is 0 Å². The second-order valence-electron chi connectivity index (χ2n) is 10.0. The maximum absolute atomic E-state index is 5.54. The van der Waals surface area contributed by atoms with E-state index in [0.29, 0.717) is 5.95 Å². The first-order valence-corrected chi connectivity index (χ1v) is 13.0. The van der Waals surface area contributed by atoms with Crippen LogP contribution in [0, 0.1) is 0 Å². The summed E-state index contributed by atoms with van der Waals surface area (Å²) >= 11 is 1.57. The van der Waals surface area contributed by atoms with E-state index < -0.39 is 0 Å². The molecule has 1 aliphatic heterocycles. The number of fused-ring (bicyclic) bond motifs is 3. The fraction of sp³-hybridized carbons (Fsp3) is 0.385. The minimum atomic E-state index is -0.0698. The molecule has 6 rings (SSSR count). The molecule has 0 unspecified atom stereocenters. The molecule has 4 aromatic heterocycles. The van der Waals surface area contributed by atoms with Crippen molar-refractivity contribution in [2.45, 2.75) is 26.2 Å². The highest BCUT2D eigenvalue weighted by Crippen LogP contribution is 2.31. The average molecular weight is 504 g/mol. The lowest BCUT2D eigenvalue weighted by Crippen LogP contribution is -2.39. The van der Waals surface area contributed by atoms with Crippen LogP contribution in [0.15, 0.2) is 47.2 Å². The van der Waals surface area contributed by atoms with Gasteiger partial charge >= 0.3 is 0 Å². The third-order valence-corrected chi connectivity index (χ3v) is 7.36. The molecule has 36 heavy (non-hydrogen) atoms. The number of hydrogen-bond donors (Lipinski definition) is 1. The van der Waals surface area contributed by atoms with Crippen molar-refractivity contribution in [3.63, 3.8) is 0 Å². The van der Waals surface area contributed by atoms with E-state index in [1.165, 1.54) is 0 Å². The van der Waals surface area contributed by atoms with Crippen LogP contribution < -0.4 is 5.32 Å². The molecule has 0 amide bonds. The third-order valence-electron chi connectivity index (χ3n) is 6.40. The Bertz CT molecular complexity index is 1490. The van der Waals surface area contributed by atoms with Crippen LogP contribution in [0.1, 0.15) is 26.5 Å². The van der Waals surface area contributed by atoms with Gasteiger partial charge in [-0.25, -0.2) is 15.0 Å². The molecule has 10 heteroatoms. The molecule has 1 fully saturated rings. The Morgan fingerprint density at radius 2 is 1.78 bits per heavy atom. The van der Waals surface area contributed by atoms with Crippen molar-refractivity contribution >= 4 is 32.6 Å². The number of nitrogens with zero attached hydrogens (tertiary/aromatic N) is 6. The predicted molar refractivity (Wildman–Crippen MR) is 142 cm³/mol. The van der Waals surface area contributed by atoms with Crippen LogP contribution in [0.2, 0.25) is 0 Å². The summed E-state index contributed by atoms with van der Waals surface area (Å²) in [4.78, 5) is 18.3. The smallest absolute Gasteiger partial charge is 0.224 e. The van der Waals surface area contributed by atoms with Gasteiger partial charge in [-0.15, -0.1) is 0 Å². The van der Waals surface area contributed by atoms with Crippen LogP contribution >= 0.6 is 11.3 Å². The van der Waals surface area contributed by atoms with Gasteiger partial charge in [0.15, 0.2) is 4.96 Å². The van der Waals surface area contributed by atoms with Gasteiger partial charge in [0.2, 0.25) is 5.95 Å². The molecule has 5 heterocycles. The lowest BCUT2D eigenvalue weighted by molar-refractivity contribution is 0.0398. The molecule has 1 aromatic carbocycles. The number of imidazole rings is 1. The lowest BCUT2D eigenvalue weighted by Gasteiger charge is -2.26. The highest BCUT2D eigenvalue weighted by atomic mass is 32.1. The molecular formula is C26H29N7O2S. The molecular weight excluding hydrogens is 474 g/mol. The highest BCUT2D eigenvalue weighted by molar-refractivity contribution is 7.23. The number of ether oxygens (including phenoxy) is 1. The van der Waals surface area contributed by atoms with Crippen molar-refractivity contribution < 1.29 is 9.26 Å². The zero-order chi connectivity index (χ0) is 24.7. The molecule has 0 aliphatic carbocycles. The SMILES string of the molecule is CC(C)(C)c1cc(-c2ccc(-c3cn4c(n3)sc3nc(NCCN5CCOCC5)ncc34)cc2)no1. The maximum Gasteiger partial charge on any atom is 0.224 e. The minimum absolute atomic E-state index is 0.0698. The zero-order valence-corrected chi connectivity index (χ0v) is 21.5. The van der Waals surface area contributed by atoms with Crippen LogP contribution in [0.5, 0.6) is 0 Å². The minimum Gasteiger partial charge on any atom is -0.379 e. The Morgan fingerprint density at radius 1 is 1.03 bits per heavy atom. The first kappa shape index (κ1) is 23.1. The topological polar surface area (TPSA) is 93.6 Å². The van der Waals surface area contributed by atoms with Crippen LogP contribution in [0.3, 0.4) is 0 Å². The van der Waals surface area contributed by atoms with Gasteiger partial charge in [-0.1, -0.05) is 61.5 Å². The number of rotatable bonds is 6. The summed E-state index contributed by atoms with van der Waals surface area (Å²) in [6.07, 6.45) is 3.92. The first-order valence-electron chi connectivity index (χ1n) is 12.2. The van der Waals surface area contributed by atoms with E-state index in [1.807, 2.05) is 18.5 Å². The number of morpholine rings is 1. The summed E-state index contributed by atoms with van der Waals surface area (Å²) in [6.45, 7) is 11.7. The quantitative estimate of drug-likeness (QED) is 0.356. The molecule has 1 saturated heterocycles. The number of aromatic nitrogens is 5. The van der Waals surface area contributed by atoms with Crippen molar-refractivity contribution in [1.29, 1.82) is 0 Å². The molecule has 0 radical (unpaired) electrons. The molecule has 1 N–H and O–H groups in total. The van der Waals surface area contributed by atoms with Crippen LogP contribution in [0.25, 0.3) is 37.8 Å². The fourth-order valence-corrected chi connectivity index (χ4v) is 5.20. The summed E-state index contributed by atoms with van der Waals surface area (Å²) in [6, 6.07) is 10.3. The summed E-state index contributed by atoms with van der Waals surface area (Å²) in [5, 5.41) is 7.59. The largest absolute Gasteiger partial charge is 0.379 e. The van der Waals surface area contributed by atoms with E-state index in [9.17, 15) is 0 Å². The monoisotopic (exact) mass is 503 g/mol. The summed E-state index contributed by atoms with van der Waals surface area (Å²) in [5.74, 6) is 1.53. The Kier molecular flexibility index (Phi) is 5.94. The lowest BCUT2D eigenvalue weighted by atomic mass is 9.93. The predicted octanol–water partition coefficient (Wildman–Crippen LogP) is 4.70. The van der Waals surface area contributed by atoms with E-state index in [-0.39, 0.29) is 5.41 Å². The van der Waals surface area contributed by atoms with Gasteiger partial charge in [-0.2, -0.15) is 0 Å². The van der Waals surface area contributed by atoms with Crippen molar-refractivity contribution in [3.8, 4) is 22.5 Å². The average Bonchev–Trinajstić information content (AvgIpc) is 3.60. The standard InChI is InChI=1S/C26H29N7O2S/c1-26(2,3)22-14-19(31-35-22)17-4-6-18(7-5-17)20-16-33-21-15-28-24(30-23(21)36-25(33)29-20)27-8-9-32-10-12-34-13-11-32/h4-7,14-16H,8-13H2,1-3H3,(H,27,28,30). The van der Waals surface area contributed by atoms with Gasteiger partial charge in [0.05, 0.1) is 25.1 Å². The molecule has 0 saturated carbocycles. The number of hydrogen-bond acceptors (Lipinski definition) is 9. The van der Waals surface area contributed by atoms with E-state index in [1.54, 1.807) is 11.3 Å². The second kappa shape index (κ2) is 9.27. The molecule has 0 spiro atoms. The second-order valence-corrected chi connectivity index (χ2v) is 11.0. The van der Waals surface area contributed by atoms with Crippen molar-refractivity contribution in [1.82, 2.24) is 29.4 Å². The molecule has 9 nitrogen and oxygen atoms in total. The van der Waals surface area contributed by atoms with Gasteiger partial charge < -0.3 is 14.6 Å². The van der Waals surface area contributed by atoms with E-state index in [4.69, 9.17) is 19.2 Å². The molecule has 186 valence electrons. The fourth-order valence-electron chi connectivity index (χ4n) is 4.25. The zero-order valence-electron chi connectivity index (χ0n) is 20.7. The van der Waals surface area contributed by atoms with Gasteiger partial charge in [0, 0.05) is 55.0 Å². The van der Waals surface area contributed by atoms with Gasteiger partial charge in [0.25, 0.3) is 0 Å². The van der Waals surface area contributed by atoms with Gasteiger partial charge in [0.1, 0.15) is 21.8 Å².